The number of nitrogens with one attached hydrogen (secondary N) is 1. The van der Waals surface area contributed by atoms with Crippen molar-refractivity contribution >= 4 is 11.4 Å². The maximum atomic E-state index is 9.82. The van der Waals surface area contributed by atoms with E-state index in [1.807, 2.05) is 6.07 Å². The third kappa shape index (κ3) is 2.31. The van der Waals surface area contributed by atoms with Crippen molar-refractivity contribution in [2.24, 2.45) is 5.92 Å². The molecule has 1 aliphatic carbocycles. The molecule has 5 nitrogen and oxygen atoms in total. The van der Waals surface area contributed by atoms with Gasteiger partial charge < -0.3 is 25.6 Å². The van der Waals surface area contributed by atoms with Gasteiger partial charge in [-0.2, -0.15) is 0 Å². The fraction of sp³-hybridized carbons (Fsp3) is 0.538. The number of rotatable bonds is 4. The van der Waals surface area contributed by atoms with Crippen molar-refractivity contribution in [2.45, 2.75) is 18.9 Å². The molecule has 98 valence electrons. The molecule has 3 rings (SSSR count). The molecule has 0 bridgehead atoms. The zero-order valence-corrected chi connectivity index (χ0v) is 10.2. The van der Waals surface area contributed by atoms with Crippen LogP contribution in [0.3, 0.4) is 0 Å². The summed E-state index contributed by atoms with van der Waals surface area (Å²) in [6, 6.07) is 3.60. The zero-order chi connectivity index (χ0) is 12.5. The Kier molecular flexibility index (Phi) is 2.91. The van der Waals surface area contributed by atoms with Gasteiger partial charge in [-0.1, -0.05) is 0 Å². The van der Waals surface area contributed by atoms with Crippen molar-refractivity contribution in [2.75, 3.05) is 30.8 Å². The molecule has 1 unspecified atom stereocenters. The van der Waals surface area contributed by atoms with Gasteiger partial charge in [0, 0.05) is 18.7 Å². The monoisotopic (exact) mass is 250 g/mol. The molecule has 0 amide bonds. The number of nitrogen functional groups attached to an aromatic ring is 1. The lowest BCUT2D eigenvalue weighted by atomic mass is 10.2. The van der Waals surface area contributed by atoms with Gasteiger partial charge in [0.15, 0.2) is 11.5 Å². The minimum atomic E-state index is -0.294. The lowest BCUT2D eigenvalue weighted by Crippen LogP contribution is -2.22. The largest absolute Gasteiger partial charge is 0.486 e. The maximum Gasteiger partial charge on any atom is 0.163 e. The molecule has 18 heavy (non-hydrogen) atoms. The molecule has 1 fully saturated rings. The summed E-state index contributed by atoms with van der Waals surface area (Å²) in [5.41, 5.74) is 7.35. The second kappa shape index (κ2) is 4.57. The second-order valence-corrected chi connectivity index (χ2v) is 4.87. The van der Waals surface area contributed by atoms with E-state index in [0.29, 0.717) is 42.9 Å². The summed E-state index contributed by atoms with van der Waals surface area (Å²) in [6.07, 6.45) is 1.96. The van der Waals surface area contributed by atoms with Crippen molar-refractivity contribution < 1.29 is 14.6 Å². The number of ether oxygens (including phenoxy) is 2. The van der Waals surface area contributed by atoms with E-state index in [1.54, 1.807) is 6.07 Å². The molecule has 1 aromatic carbocycles. The molecule has 5 heteroatoms. The number of hydrogen-bond donors (Lipinski definition) is 3. The van der Waals surface area contributed by atoms with Gasteiger partial charge in [-0.15, -0.1) is 0 Å². The first kappa shape index (κ1) is 11.5. The van der Waals surface area contributed by atoms with Crippen LogP contribution in [0.15, 0.2) is 12.1 Å². The molecule has 1 aliphatic heterocycles. The van der Waals surface area contributed by atoms with Crippen molar-refractivity contribution in [3.8, 4) is 11.5 Å². The normalized spacial score (nSPS) is 19.4. The standard InChI is InChI=1S/C13H18N2O3/c14-9-5-12-13(18-4-3-17-12)6-10(9)15-7-11(16)8-1-2-8/h5-6,8,11,15-16H,1-4,7,14H2. The second-order valence-electron chi connectivity index (χ2n) is 4.87. The SMILES string of the molecule is Nc1cc2c(cc1NCC(O)C1CC1)OCCO2. The Morgan fingerprint density at radius 1 is 1.28 bits per heavy atom. The van der Waals surface area contributed by atoms with Gasteiger partial charge in [-0.25, -0.2) is 0 Å². The van der Waals surface area contributed by atoms with Gasteiger partial charge in [0.2, 0.25) is 0 Å². The fourth-order valence-corrected chi connectivity index (χ4v) is 2.12. The van der Waals surface area contributed by atoms with Crippen molar-refractivity contribution in [1.29, 1.82) is 0 Å². The van der Waals surface area contributed by atoms with Crippen molar-refractivity contribution in [1.82, 2.24) is 0 Å². The first-order valence-electron chi connectivity index (χ1n) is 6.35. The van der Waals surface area contributed by atoms with Gasteiger partial charge in [0.25, 0.3) is 0 Å². The number of aliphatic hydroxyl groups is 1. The summed E-state index contributed by atoms with van der Waals surface area (Å²) in [5, 5.41) is 13.0. The van der Waals surface area contributed by atoms with E-state index in [0.717, 1.165) is 18.5 Å². The van der Waals surface area contributed by atoms with E-state index >= 15 is 0 Å². The third-order valence-corrected chi connectivity index (χ3v) is 3.38. The molecule has 4 N–H and O–H groups in total. The molecule has 1 heterocycles. The highest BCUT2D eigenvalue weighted by atomic mass is 16.6. The highest BCUT2D eigenvalue weighted by Gasteiger charge is 2.29. The average Bonchev–Trinajstić information content (AvgIpc) is 3.20. The first-order chi connectivity index (χ1) is 8.74. The Balaban J connectivity index is 1.70. The molecule has 1 atom stereocenters. The minimum absolute atomic E-state index is 0.294. The van der Waals surface area contributed by atoms with Crippen molar-refractivity contribution in [3.05, 3.63) is 12.1 Å². The van der Waals surface area contributed by atoms with E-state index in [1.165, 1.54) is 0 Å². The molecular weight excluding hydrogens is 232 g/mol. The van der Waals surface area contributed by atoms with Crippen LogP contribution in [0.2, 0.25) is 0 Å². The van der Waals surface area contributed by atoms with E-state index in [4.69, 9.17) is 15.2 Å². The van der Waals surface area contributed by atoms with Crippen LogP contribution in [0.4, 0.5) is 11.4 Å². The van der Waals surface area contributed by atoms with E-state index in [9.17, 15) is 5.11 Å². The lowest BCUT2D eigenvalue weighted by molar-refractivity contribution is 0.164. The topological polar surface area (TPSA) is 76.7 Å². The van der Waals surface area contributed by atoms with Gasteiger partial charge in [-0.05, 0) is 18.8 Å². The molecule has 0 radical (unpaired) electrons. The number of aliphatic hydroxyl groups excluding tert-OH is 1. The van der Waals surface area contributed by atoms with Crippen LogP contribution in [0.1, 0.15) is 12.8 Å². The number of fused-ring (bicyclic) bond motifs is 1. The van der Waals surface area contributed by atoms with Gasteiger partial charge in [-0.3, -0.25) is 0 Å². The number of benzene rings is 1. The Morgan fingerprint density at radius 2 is 1.94 bits per heavy atom. The summed E-state index contributed by atoms with van der Waals surface area (Å²) in [5.74, 6) is 1.85. The summed E-state index contributed by atoms with van der Waals surface area (Å²) in [6.45, 7) is 1.63. The predicted molar refractivity (Wildman–Crippen MR) is 69.1 cm³/mol. The summed E-state index contributed by atoms with van der Waals surface area (Å²) >= 11 is 0. The molecule has 0 spiro atoms. The van der Waals surface area contributed by atoms with E-state index < -0.39 is 0 Å². The smallest absolute Gasteiger partial charge is 0.163 e. The molecule has 0 saturated heterocycles. The Hall–Kier alpha value is -1.62. The first-order valence-corrected chi connectivity index (χ1v) is 6.35. The minimum Gasteiger partial charge on any atom is -0.486 e. The zero-order valence-electron chi connectivity index (χ0n) is 10.2. The highest BCUT2D eigenvalue weighted by molar-refractivity contribution is 5.72. The van der Waals surface area contributed by atoms with E-state index in [2.05, 4.69) is 5.32 Å². The quantitative estimate of drug-likeness (QED) is 0.700. The Labute approximate surface area is 106 Å². The summed E-state index contributed by atoms with van der Waals surface area (Å²) in [4.78, 5) is 0. The summed E-state index contributed by atoms with van der Waals surface area (Å²) in [7, 11) is 0. The van der Waals surface area contributed by atoms with Crippen LogP contribution in [-0.2, 0) is 0 Å². The van der Waals surface area contributed by atoms with Crippen LogP contribution in [-0.4, -0.2) is 31.0 Å². The Morgan fingerprint density at radius 3 is 2.61 bits per heavy atom. The highest BCUT2D eigenvalue weighted by Crippen LogP contribution is 2.37. The third-order valence-electron chi connectivity index (χ3n) is 3.38. The maximum absolute atomic E-state index is 9.82. The summed E-state index contributed by atoms with van der Waals surface area (Å²) < 4.78 is 11.0. The molecule has 2 aliphatic rings. The van der Waals surface area contributed by atoms with Gasteiger partial charge in [0.05, 0.1) is 17.5 Å². The molecular formula is C13H18N2O3. The van der Waals surface area contributed by atoms with E-state index in [-0.39, 0.29) is 6.10 Å². The van der Waals surface area contributed by atoms with Crippen LogP contribution in [0.5, 0.6) is 11.5 Å². The molecule has 1 saturated carbocycles. The van der Waals surface area contributed by atoms with Crippen molar-refractivity contribution in [3.63, 3.8) is 0 Å². The molecule has 0 aromatic heterocycles. The Bertz CT molecular complexity index is 446. The fourth-order valence-electron chi connectivity index (χ4n) is 2.12. The number of nitrogens with two attached hydrogens (primary N) is 1. The number of anilines is 2. The average molecular weight is 250 g/mol. The number of hydrogen-bond acceptors (Lipinski definition) is 5. The van der Waals surface area contributed by atoms with Crippen LogP contribution in [0.25, 0.3) is 0 Å². The van der Waals surface area contributed by atoms with Crippen LogP contribution < -0.4 is 20.5 Å². The van der Waals surface area contributed by atoms with Crippen LogP contribution >= 0.6 is 0 Å². The lowest BCUT2D eigenvalue weighted by Gasteiger charge is -2.21. The molecule has 1 aromatic rings. The van der Waals surface area contributed by atoms with Gasteiger partial charge in [0.1, 0.15) is 13.2 Å². The predicted octanol–water partition coefficient (Wildman–Crippen LogP) is 1.22. The van der Waals surface area contributed by atoms with Gasteiger partial charge >= 0.3 is 0 Å². The van der Waals surface area contributed by atoms with Crippen LogP contribution in [0, 0.1) is 5.92 Å².